The second-order valence-corrected chi connectivity index (χ2v) is 10.5. The van der Waals surface area contributed by atoms with Crippen molar-refractivity contribution in [1.29, 1.82) is 5.26 Å². The zero-order chi connectivity index (χ0) is 22.8. The van der Waals surface area contributed by atoms with Gasteiger partial charge in [0, 0.05) is 5.57 Å². The molecular weight excluding hydrogens is 392 g/mol. The summed E-state index contributed by atoms with van der Waals surface area (Å²) in [6.07, 6.45) is 17.5. The Morgan fingerprint density at radius 2 is 1.84 bits per heavy atom. The van der Waals surface area contributed by atoms with E-state index in [9.17, 15) is 5.26 Å². The number of nitrogens with zero attached hydrogens (tertiary/aromatic N) is 4. The first-order chi connectivity index (χ1) is 15.4. The lowest BCUT2D eigenvalue weighted by molar-refractivity contribution is 0.241. The molecule has 3 aliphatic carbocycles. The standard InChI is InChI=1S/C28H38N4/c1-18(2)23-11-8-12-24(19(3)4)26(23)32-27(22-15-13-21(17-29)14-16-22)30-31-28(32)25-10-7-6-9-20(25)5/h6-7,10-11,15,18-21,24,26H,8-9,12-14,16H2,1-5H3/t20?,21-,24-,26?/m0/s1. The van der Waals surface area contributed by atoms with Crippen LogP contribution in [0.3, 0.4) is 0 Å². The molecule has 170 valence electrons. The van der Waals surface area contributed by atoms with Gasteiger partial charge in [-0.3, -0.25) is 4.57 Å². The maximum Gasteiger partial charge on any atom is 0.161 e. The summed E-state index contributed by atoms with van der Waals surface area (Å²) in [7, 11) is 0. The lowest BCUT2D eigenvalue weighted by Crippen LogP contribution is -2.32. The van der Waals surface area contributed by atoms with Crippen LogP contribution in [0.4, 0.5) is 0 Å². The van der Waals surface area contributed by atoms with Gasteiger partial charge in [0.05, 0.1) is 18.0 Å². The smallest absolute Gasteiger partial charge is 0.161 e. The molecule has 1 heterocycles. The van der Waals surface area contributed by atoms with Gasteiger partial charge in [-0.15, -0.1) is 10.2 Å². The van der Waals surface area contributed by atoms with E-state index in [0.29, 0.717) is 23.7 Å². The lowest BCUT2D eigenvalue weighted by Gasteiger charge is -2.39. The van der Waals surface area contributed by atoms with E-state index in [4.69, 9.17) is 10.2 Å². The number of aromatic nitrogens is 3. The van der Waals surface area contributed by atoms with Gasteiger partial charge in [-0.25, -0.2) is 0 Å². The molecule has 0 spiro atoms. The molecule has 0 fully saturated rings. The van der Waals surface area contributed by atoms with Crippen LogP contribution in [0.1, 0.15) is 90.8 Å². The van der Waals surface area contributed by atoms with Crippen LogP contribution in [0, 0.1) is 40.9 Å². The van der Waals surface area contributed by atoms with Crippen LogP contribution < -0.4 is 0 Å². The van der Waals surface area contributed by atoms with Crippen LogP contribution in [0.2, 0.25) is 0 Å². The topological polar surface area (TPSA) is 54.5 Å². The van der Waals surface area contributed by atoms with E-state index in [2.05, 4.69) is 75.6 Å². The molecule has 0 saturated carbocycles. The minimum atomic E-state index is 0.130. The van der Waals surface area contributed by atoms with Gasteiger partial charge in [0.2, 0.25) is 0 Å². The van der Waals surface area contributed by atoms with Gasteiger partial charge in [0.1, 0.15) is 0 Å². The average molecular weight is 431 g/mol. The Balaban J connectivity index is 1.90. The van der Waals surface area contributed by atoms with Crippen molar-refractivity contribution in [2.24, 2.45) is 29.6 Å². The van der Waals surface area contributed by atoms with Gasteiger partial charge in [-0.05, 0) is 73.3 Å². The summed E-state index contributed by atoms with van der Waals surface area (Å²) in [5, 5.41) is 19.0. The van der Waals surface area contributed by atoms with Crippen molar-refractivity contribution >= 4 is 11.1 Å². The molecule has 3 aliphatic rings. The average Bonchev–Trinajstić information content (AvgIpc) is 3.23. The first-order valence-corrected chi connectivity index (χ1v) is 12.5. The fourth-order valence-corrected chi connectivity index (χ4v) is 5.75. The zero-order valence-corrected chi connectivity index (χ0v) is 20.4. The van der Waals surface area contributed by atoms with E-state index in [1.54, 1.807) is 0 Å². The van der Waals surface area contributed by atoms with E-state index in [0.717, 1.165) is 43.8 Å². The third-order valence-electron chi connectivity index (χ3n) is 7.70. The van der Waals surface area contributed by atoms with Crippen LogP contribution in [0.5, 0.6) is 0 Å². The van der Waals surface area contributed by atoms with Crippen LogP contribution >= 0.6 is 0 Å². The van der Waals surface area contributed by atoms with Crippen molar-refractivity contribution in [1.82, 2.24) is 14.8 Å². The molecule has 0 aliphatic heterocycles. The molecule has 2 unspecified atom stereocenters. The number of allylic oxidation sites excluding steroid dienone is 8. The lowest BCUT2D eigenvalue weighted by atomic mass is 9.74. The van der Waals surface area contributed by atoms with E-state index < -0.39 is 0 Å². The maximum absolute atomic E-state index is 9.37. The Bertz CT molecular complexity index is 995. The summed E-state index contributed by atoms with van der Waals surface area (Å²) < 4.78 is 2.51. The number of hydrogen-bond acceptors (Lipinski definition) is 3. The molecule has 0 saturated heterocycles. The highest BCUT2D eigenvalue weighted by molar-refractivity contribution is 5.69. The van der Waals surface area contributed by atoms with Gasteiger partial charge in [0.15, 0.2) is 11.6 Å². The molecule has 1 aromatic rings. The van der Waals surface area contributed by atoms with Gasteiger partial charge >= 0.3 is 0 Å². The fraction of sp³-hybridized carbons (Fsp3) is 0.607. The quantitative estimate of drug-likeness (QED) is 0.466. The maximum atomic E-state index is 9.37. The first-order valence-electron chi connectivity index (χ1n) is 12.5. The normalized spacial score (nSPS) is 28.4. The minimum absolute atomic E-state index is 0.130. The predicted molar refractivity (Wildman–Crippen MR) is 131 cm³/mol. The van der Waals surface area contributed by atoms with Crippen molar-refractivity contribution < 1.29 is 0 Å². The Morgan fingerprint density at radius 3 is 2.47 bits per heavy atom. The molecular formula is C28H38N4. The van der Waals surface area contributed by atoms with Crippen LogP contribution in [-0.2, 0) is 0 Å². The van der Waals surface area contributed by atoms with E-state index in [-0.39, 0.29) is 12.0 Å². The molecule has 0 radical (unpaired) electrons. The first kappa shape index (κ1) is 22.8. The molecule has 32 heavy (non-hydrogen) atoms. The van der Waals surface area contributed by atoms with Gasteiger partial charge in [-0.1, -0.05) is 65.0 Å². The van der Waals surface area contributed by atoms with E-state index in [1.807, 2.05) is 0 Å². The Labute approximate surface area is 193 Å². The second-order valence-electron chi connectivity index (χ2n) is 10.5. The number of rotatable bonds is 5. The third-order valence-corrected chi connectivity index (χ3v) is 7.70. The van der Waals surface area contributed by atoms with Crippen LogP contribution in [0.25, 0.3) is 11.1 Å². The molecule has 0 bridgehead atoms. The molecule has 0 amide bonds. The summed E-state index contributed by atoms with van der Waals surface area (Å²) >= 11 is 0. The summed E-state index contributed by atoms with van der Waals surface area (Å²) in [6, 6.07) is 2.74. The summed E-state index contributed by atoms with van der Waals surface area (Å²) in [5.41, 5.74) is 4.10. The summed E-state index contributed by atoms with van der Waals surface area (Å²) in [5.74, 6) is 4.29. The van der Waals surface area contributed by atoms with Crippen molar-refractivity contribution in [2.75, 3.05) is 0 Å². The van der Waals surface area contributed by atoms with Crippen molar-refractivity contribution in [3.05, 3.63) is 47.6 Å². The van der Waals surface area contributed by atoms with E-state index in [1.165, 1.54) is 23.1 Å². The molecule has 1 aromatic heterocycles. The van der Waals surface area contributed by atoms with Gasteiger partial charge in [0.25, 0.3) is 0 Å². The van der Waals surface area contributed by atoms with Crippen molar-refractivity contribution in [2.45, 2.75) is 79.2 Å². The predicted octanol–water partition coefficient (Wildman–Crippen LogP) is 7.15. The highest BCUT2D eigenvalue weighted by Gasteiger charge is 2.37. The van der Waals surface area contributed by atoms with Crippen LogP contribution in [-0.4, -0.2) is 14.8 Å². The number of nitriles is 1. The number of hydrogen-bond donors (Lipinski definition) is 0. The monoisotopic (exact) mass is 430 g/mol. The van der Waals surface area contributed by atoms with Gasteiger partial charge in [-0.2, -0.15) is 5.26 Å². The Hall–Kier alpha value is -2.41. The van der Waals surface area contributed by atoms with Crippen molar-refractivity contribution in [3.63, 3.8) is 0 Å². The Morgan fingerprint density at radius 1 is 1.06 bits per heavy atom. The second kappa shape index (κ2) is 9.61. The van der Waals surface area contributed by atoms with E-state index >= 15 is 0 Å². The van der Waals surface area contributed by atoms with Crippen molar-refractivity contribution in [3.8, 4) is 6.07 Å². The zero-order valence-electron chi connectivity index (χ0n) is 20.4. The third kappa shape index (κ3) is 4.27. The van der Waals surface area contributed by atoms with Gasteiger partial charge < -0.3 is 0 Å². The summed E-state index contributed by atoms with van der Waals surface area (Å²) in [6.45, 7) is 11.7. The highest BCUT2D eigenvalue weighted by Crippen LogP contribution is 2.46. The Kier molecular flexibility index (Phi) is 6.84. The largest absolute Gasteiger partial charge is 0.300 e. The summed E-state index contributed by atoms with van der Waals surface area (Å²) in [4.78, 5) is 0. The molecule has 0 aromatic carbocycles. The molecule has 4 heteroatoms. The highest BCUT2D eigenvalue weighted by atomic mass is 15.3. The fourth-order valence-electron chi connectivity index (χ4n) is 5.75. The SMILES string of the molecule is CC(C)C1=CCC[C@@H](C(C)C)C1n1c(C2=CC[C@H](C#N)CC2)nnc1C1=CC=CCC1C. The van der Waals surface area contributed by atoms with Crippen LogP contribution in [0.15, 0.2) is 36.0 Å². The molecule has 0 N–H and O–H groups in total. The molecule has 4 atom stereocenters. The minimum Gasteiger partial charge on any atom is -0.300 e. The molecule has 4 nitrogen and oxygen atoms in total. The molecule has 4 rings (SSSR count).